The third-order valence-electron chi connectivity index (χ3n) is 6.35. The van der Waals surface area contributed by atoms with E-state index in [4.69, 9.17) is 10.1 Å². The molecule has 3 aromatic rings. The van der Waals surface area contributed by atoms with Crippen LogP contribution in [-0.2, 0) is 10.5 Å². The zero-order chi connectivity index (χ0) is 24.0. The quantitative estimate of drug-likeness (QED) is 0.297. The van der Waals surface area contributed by atoms with Gasteiger partial charge in [0.1, 0.15) is 6.04 Å². The van der Waals surface area contributed by atoms with Crippen LogP contribution in [0.2, 0.25) is 0 Å². The van der Waals surface area contributed by atoms with Crippen LogP contribution in [0.1, 0.15) is 49.4 Å². The molecular weight excluding hydrogens is 450 g/mol. The summed E-state index contributed by atoms with van der Waals surface area (Å²) in [5.41, 5.74) is 4.58. The maximum atomic E-state index is 13.3. The van der Waals surface area contributed by atoms with Crippen molar-refractivity contribution in [1.29, 1.82) is 0 Å². The summed E-state index contributed by atoms with van der Waals surface area (Å²) < 4.78 is 1.75. The number of hydrogen-bond donors (Lipinski definition) is 1. The van der Waals surface area contributed by atoms with E-state index < -0.39 is 11.0 Å². The second kappa shape index (κ2) is 8.39. The summed E-state index contributed by atoms with van der Waals surface area (Å²) in [4.78, 5) is 28.8. The maximum Gasteiger partial charge on any atom is 0.269 e. The van der Waals surface area contributed by atoms with Crippen molar-refractivity contribution in [3.63, 3.8) is 0 Å². The van der Waals surface area contributed by atoms with Gasteiger partial charge in [0.25, 0.3) is 5.69 Å². The van der Waals surface area contributed by atoms with Crippen LogP contribution in [0, 0.1) is 22.5 Å². The normalized spacial score (nSPS) is 18.8. The molecule has 0 bridgehead atoms. The number of ketones is 1. The van der Waals surface area contributed by atoms with Crippen molar-refractivity contribution in [3.05, 3.63) is 86.6 Å². The number of fused-ring (bicyclic) bond motifs is 1. The van der Waals surface area contributed by atoms with Gasteiger partial charge in [-0.25, -0.2) is 4.68 Å². The van der Waals surface area contributed by atoms with Crippen LogP contribution in [0.5, 0.6) is 0 Å². The predicted octanol–water partition coefficient (Wildman–Crippen LogP) is 5.45. The molecule has 34 heavy (non-hydrogen) atoms. The van der Waals surface area contributed by atoms with E-state index >= 15 is 0 Å². The fourth-order valence-corrected chi connectivity index (χ4v) is 5.56. The number of aromatic nitrogens is 3. The lowest BCUT2D eigenvalue weighted by Gasteiger charge is -2.38. The molecule has 1 unspecified atom stereocenters. The number of thioether (sulfide) groups is 1. The molecule has 174 valence electrons. The van der Waals surface area contributed by atoms with Crippen molar-refractivity contribution in [2.24, 2.45) is 5.41 Å². The van der Waals surface area contributed by atoms with Gasteiger partial charge in [-0.15, -0.1) is 5.10 Å². The Balaban J connectivity index is 1.54. The first-order valence-electron chi connectivity index (χ1n) is 11.1. The lowest BCUT2D eigenvalue weighted by molar-refractivity contribution is -0.384. The molecule has 2 aliphatic rings. The molecular formula is C25H25N5O3S. The van der Waals surface area contributed by atoms with Crippen LogP contribution in [-0.4, -0.2) is 25.5 Å². The molecule has 8 nitrogen and oxygen atoms in total. The highest BCUT2D eigenvalue weighted by molar-refractivity contribution is 7.98. The smallest absolute Gasteiger partial charge is 0.269 e. The van der Waals surface area contributed by atoms with Crippen molar-refractivity contribution < 1.29 is 9.72 Å². The summed E-state index contributed by atoms with van der Waals surface area (Å²) in [6.45, 7) is 6.25. The monoisotopic (exact) mass is 475 g/mol. The van der Waals surface area contributed by atoms with Crippen molar-refractivity contribution in [2.45, 2.75) is 50.6 Å². The fourth-order valence-electron chi connectivity index (χ4n) is 4.65. The van der Waals surface area contributed by atoms with E-state index in [0.29, 0.717) is 23.1 Å². The number of allylic oxidation sites excluding steroid dienone is 2. The minimum Gasteiger partial charge on any atom is -0.328 e. The Labute approximate surface area is 201 Å². The summed E-state index contributed by atoms with van der Waals surface area (Å²) >= 11 is 1.54. The number of nitro benzene ring substituents is 1. The second-order valence-corrected chi connectivity index (χ2v) is 10.5. The van der Waals surface area contributed by atoms with Gasteiger partial charge in [-0.3, -0.25) is 14.9 Å². The van der Waals surface area contributed by atoms with Gasteiger partial charge in [0.2, 0.25) is 11.1 Å². The van der Waals surface area contributed by atoms with E-state index in [-0.39, 0.29) is 16.9 Å². The van der Waals surface area contributed by atoms with E-state index in [9.17, 15) is 14.9 Å². The molecule has 2 heterocycles. The number of carbonyl (C=O) groups is 1. The van der Waals surface area contributed by atoms with Gasteiger partial charge in [0.05, 0.1) is 4.92 Å². The zero-order valence-electron chi connectivity index (χ0n) is 19.2. The van der Waals surface area contributed by atoms with E-state index in [2.05, 4.69) is 38.2 Å². The minimum absolute atomic E-state index is 0.0104. The van der Waals surface area contributed by atoms with E-state index in [1.165, 1.54) is 23.3 Å². The van der Waals surface area contributed by atoms with Crippen molar-refractivity contribution in [1.82, 2.24) is 14.8 Å². The number of hydrogen-bond acceptors (Lipinski definition) is 7. The Morgan fingerprint density at radius 3 is 2.62 bits per heavy atom. The largest absolute Gasteiger partial charge is 0.328 e. The van der Waals surface area contributed by atoms with Gasteiger partial charge in [-0.1, -0.05) is 49.9 Å². The van der Waals surface area contributed by atoms with Crippen LogP contribution < -0.4 is 5.32 Å². The third kappa shape index (κ3) is 4.11. The third-order valence-corrected chi connectivity index (χ3v) is 7.24. The lowest BCUT2D eigenvalue weighted by atomic mass is 9.73. The molecule has 1 aliphatic carbocycles. The lowest BCUT2D eigenvalue weighted by Crippen LogP contribution is -2.36. The van der Waals surface area contributed by atoms with Gasteiger partial charge < -0.3 is 5.32 Å². The Bertz CT molecular complexity index is 1330. The number of anilines is 1. The van der Waals surface area contributed by atoms with Gasteiger partial charge in [0, 0.05) is 35.6 Å². The number of nitrogens with zero attached hydrogens (tertiary/aromatic N) is 4. The Hall–Kier alpha value is -3.46. The van der Waals surface area contributed by atoms with Crippen LogP contribution in [0.3, 0.4) is 0 Å². The first kappa shape index (κ1) is 22.3. The Morgan fingerprint density at radius 1 is 1.18 bits per heavy atom. The van der Waals surface area contributed by atoms with Crippen LogP contribution >= 0.6 is 11.8 Å². The molecule has 1 N–H and O–H groups in total. The molecule has 0 amide bonds. The van der Waals surface area contributed by atoms with E-state index in [0.717, 1.165) is 23.4 Å². The highest BCUT2D eigenvalue weighted by atomic mass is 32.2. The van der Waals surface area contributed by atoms with E-state index in [1.807, 2.05) is 12.1 Å². The second-order valence-electron chi connectivity index (χ2n) is 9.59. The first-order chi connectivity index (χ1) is 16.2. The van der Waals surface area contributed by atoms with Crippen LogP contribution in [0.15, 0.2) is 65.0 Å². The molecule has 1 aliphatic heterocycles. The van der Waals surface area contributed by atoms with Gasteiger partial charge in [0.15, 0.2) is 5.78 Å². The number of rotatable bonds is 5. The summed E-state index contributed by atoms with van der Waals surface area (Å²) in [5, 5.41) is 19.9. The number of non-ortho nitro benzene ring substituents is 1. The number of nitrogens with one attached hydrogen (secondary N) is 1. The van der Waals surface area contributed by atoms with Crippen LogP contribution in [0.25, 0.3) is 0 Å². The summed E-state index contributed by atoms with van der Waals surface area (Å²) in [6, 6.07) is 14.1. The highest BCUT2D eigenvalue weighted by Crippen LogP contribution is 2.45. The summed E-state index contributed by atoms with van der Waals surface area (Å²) in [7, 11) is 0. The molecule has 0 spiro atoms. The highest BCUT2D eigenvalue weighted by Gasteiger charge is 2.42. The molecule has 5 rings (SSSR count). The van der Waals surface area contributed by atoms with Crippen molar-refractivity contribution in [2.75, 3.05) is 5.32 Å². The van der Waals surface area contributed by atoms with Gasteiger partial charge in [-0.2, -0.15) is 4.98 Å². The van der Waals surface area contributed by atoms with Gasteiger partial charge >= 0.3 is 0 Å². The molecule has 0 radical (unpaired) electrons. The number of carbonyl (C=O) groups excluding carboxylic acids is 1. The molecule has 1 atom stereocenters. The average Bonchev–Trinajstić information content (AvgIpc) is 3.19. The SMILES string of the molecule is Cc1ccccc1CSc1nc2n(n1)C(c1ccc([N+](=O)[O-])cc1)C1=C(CC(C)(C)CC1=O)N2. The Morgan fingerprint density at radius 2 is 1.91 bits per heavy atom. The predicted molar refractivity (Wildman–Crippen MR) is 131 cm³/mol. The fraction of sp³-hybridized carbons (Fsp3) is 0.320. The minimum atomic E-state index is -0.476. The molecule has 1 aromatic heterocycles. The molecule has 0 saturated carbocycles. The summed E-state index contributed by atoms with van der Waals surface area (Å²) in [5.74, 6) is 1.38. The van der Waals surface area contributed by atoms with Crippen molar-refractivity contribution in [3.8, 4) is 0 Å². The average molecular weight is 476 g/mol. The van der Waals surface area contributed by atoms with E-state index in [1.54, 1.807) is 28.6 Å². The number of benzene rings is 2. The molecule has 2 aromatic carbocycles. The standard InChI is InChI=1S/C25H25N5O3S/c1-15-6-4-5-7-17(15)14-34-24-27-23-26-19-12-25(2,3)13-20(31)21(19)22(29(23)28-24)16-8-10-18(11-9-16)30(32)33/h4-11,22H,12-14H2,1-3H3,(H,26,27,28). The van der Waals surface area contributed by atoms with Crippen molar-refractivity contribution >= 4 is 29.2 Å². The van der Waals surface area contributed by atoms with Gasteiger partial charge in [-0.05, 0) is 47.6 Å². The molecule has 9 heteroatoms. The number of aryl methyl sites for hydroxylation is 1. The molecule has 0 saturated heterocycles. The first-order valence-corrected chi connectivity index (χ1v) is 12.1. The number of Topliss-reactive ketones (excluding diaryl/α,β-unsaturated/α-hetero) is 1. The summed E-state index contributed by atoms with van der Waals surface area (Å²) in [6.07, 6.45) is 1.16. The zero-order valence-corrected chi connectivity index (χ0v) is 20.1. The Kier molecular flexibility index (Phi) is 5.51. The maximum absolute atomic E-state index is 13.3. The topological polar surface area (TPSA) is 103 Å². The number of nitro groups is 1. The molecule has 0 fully saturated rings. The van der Waals surface area contributed by atoms with Crippen LogP contribution in [0.4, 0.5) is 11.6 Å².